The van der Waals surface area contributed by atoms with E-state index in [0.29, 0.717) is 0 Å². The van der Waals surface area contributed by atoms with Gasteiger partial charge in [0.15, 0.2) is 0 Å². The van der Waals surface area contributed by atoms with Gasteiger partial charge in [0.1, 0.15) is 0 Å². The first kappa shape index (κ1) is 15.7. The molecule has 0 rings (SSSR count). The monoisotopic (exact) mass is 219 g/mol. The van der Waals surface area contributed by atoms with E-state index < -0.39 is 0 Å². The van der Waals surface area contributed by atoms with Crippen molar-refractivity contribution in [1.82, 2.24) is 0 Å². The number of halogens is 1. The van der Waals surface area contributed by atoms with Gasteiger partial charge in [0.2, 0.25) is 0 Å². The molecule has 0 atom stereocenters. The van der Waals surface area contributed by atoms with E-state index in [4.69, 9.17) is 0 Å². The van der Waals surface area contributed by atoms with Crippen LogP contribution in [0, 0.1) is 13.8 Å². The van der Waals surface area contributed by atoms with Gasteiger partial charge in [0.05, 0.1) is 0 Å². The van der Waals surface area contributed by atoms with Crippen molar-refractivity contribution in [3.05, 3.63) is 39.2 Å². The molecule has 0 spiro atoms. The van der Waals surface area contributed by atoms with Crippen LogP contribution in [0.4, 0.5) is 0 Å². The molecule has 8 heavy (non-hydrogen) atoms. The number of allylic oxidation sites excluding steroid dienone is 2. The van der Waals surface area contributed by atoms with E-state index in [1.54, 1.807) is 0 Å². The molecule has 0 aliphatic heterocycles. The summed E-state index contributed by atoms with van der Waals surface area (Å²) in [5, 5.41) is 0. The fourth-order valence-corrected chi connectivity index (χ4v) is 0. The number of hydrogen-bond acceptors (Lipinski definition) is 0. The van der Waals surface area contributed by atoms with E-state index in [1.165, 1.54) is 12.2 Å². The maximum absolute atomic E-state index is 3.69. The van der Waals surface area contributed by atoms with Crippen molar-refractivity contribution in [2.24, 2.45) is 0 Å². The van der Waals surface area contributed by atoms with Gasteiger partial charge in [-0.15, -0.1) is 0 Å². The van der Waals surface area contributed by atoms with Crippen LogP contribution in [0.15, 0.2) is 25.3 Å². The molecule has 0 aliphatic rings. The van der Waals surface area contributed by atoms with Crippen molar-refractivity contribution in [2.75, 3.05) is 0 Å². The van der Waals surface area contributed by atoms with E-state index in [2.05, 4.69) is 54.9 Å². The average Bonchev–Trinajstić information content (AvgIpc) is 1.75. The Bertz CT molecular complexity index is 29.5. The van der Waals surface area contributed by atoms with Crippen LogP contribution in [-0.2, 0) is 13.7 Å². The second-order valence-electron chi connectivity index (χ2n) is 0.577. The van der Waals surface area contributed by atoms with Crippen LogP contribution in [-0.4, -0.2) is 0 Å². The predicted molar refractivity (Wildman–Crippen MR) is 40.0 cm³/mol. The van der Waals surface area contributed by atoms with Crippen molar-refractivity contribution >= 4 is 14.2 Å². The molecule has 0 unspecified atom stereocenters. The molecule has 2 heteroatoms. The zero-order chi connectivity index (χ0) is 7.41. The molecule has 0 N–H and O–H groups in total. The topological polar surface area (TPSA) is 0 Å². The summed E-state index contributed by atoms with van der Waals surface area (Å²) in [5.41, 5.74) is 0. The van der Waals surface area contributed by atoms with Gasteiger partial charge in [-0.1, -0.05) is 0 Å². The van der Waals surface area contributed by atoms with Gasteiger partial charge >= 0.3 is 27.9 Å². The van der Waals surface area contributed by atoms with E-state index in [-0.39, 0.29) is 0 Å². The Balaban J connectivity index is -0.0000000483. The fraction of sp³-hybridized carbons (Fsp3) is 0. The van der Waals surface area contributed by atoms with Crippen molar-refractivity contribution in [3.8, 4) is 0 Å². The average molecular weight is 221 g/mol. The van der Waals surface area contributed by atoms with Gasteiger partial charge < -0.3 is 0 Å². The molecule has 0 heterocycles. The summed E-state index contributed by atoms with van der Waals surface area (Å²) in [7, 11) is 0. The molecular weight excluding hydrogens is 211 g/mol. The minimum atomic E-state index is 1.50. The third-order valence-electron chi connectivity index (χ3n) is 0. The van der Waals surface area contributed by atoms with Gasteiger partial charge in [-0.25, -0.2) is 39.2 Å². The third kappa shape index (κ3) is 4460. The van der Waals surface area contributed by atoms with Crippen LogP contribution in [0.5, 0.6) is 0 Å². The van der Waals surface area contributed by atoms with Crippen molar-refractivity contribution < 1.29 is 13.7 Å². The molecule has 0 aromatic carbocycles. The van der Waals surface area contributed by atoms with Gasteiger partial charge in [0.25, 0.3) is 0 Å². The zero-order valence-electron chi connectivity index (χ0n) is 4.68. The molecule has 0 bridgehead atoms. The van der Waals surface area contributed by atoms with Gasteiger partial charge in [-0.3, -0.25) is 0 Å². The fourth-order valence-electron chi connectivity index (χ4n) is 0. The molecule has 0 saturated carbocycles. The summed E-state index contributed by atoms with van der Waals surface area (Å²) in [4.78, 5) is 0. The summed E-state index contributed by atoms with van der Waals surface area (Å²) in [5.74, 6) is 0. The Morgan fingerprint density at radius 3 is 1.12 bits per heavy atom. The molecule has 0 radical (unpaired) electrons. The van der Waals surface area contributed by atoms with Crippen LogP contribution in [0.25, 0.3) is 0 Å². The van der Waals surface area contributed by atoms with E-state index in [1.807, 2.05) is 0 Å². The summed E-state index contributed by atoms with van der Waals surface area (Å²) in [6.45, 7) is 13.0. The first-order chi connectivity index (χ1) is 3.83. The van der Waals surface area contributed by atoms with Crippen LogP contribution < -0.4 is 0 Å². The second-order valence-corrected chi connectivity index (χ2v) is 0.577. The molecule has 0 nitrogen and oxygen atoms in total. The molecule has 0 aliphatic carbocycles. The van der Waals surface area contributed by atoms with Crippen molar-refractivity contribution in [2.45, 2.75) is 0 Å². The van der Waals surface area contributed by atoms with Crippen LogP contribution >= 0.6 is 14.2 Å². The summed E-state index contributed by atoms with van der Waals surface area (Å²) < 4.78 is 0. The van der Waals surface area contributed by atoms with E-state index in [9.17, 15) is 0 Å². The van der Waals surface area contributed by atoms with Crippen molar-refractivity contribution in [3.63, 3.8) is 0 Å². The van der Waals surface area contributed by atoms with Crippen LogP contribution in [0.2, 0.25) is 0 Å². The number of hydrogen-bond donors (Lipinski definition) is 0. The first-order valence-corrected chi connectivity index (χ1v) is 4.19. The molecule has 0 saturated heterocycles. The minimum absolute atomic E-state index is 1.50. The Kier molecular flexibility index (Phi) is 113. The predicted octanol–water partition coefficient (Wildman–Crippen LogP) is 2.86. The van der Waals surface area contributed by atoms with Gasteiger partial charge in [0, 0.05) is 0 Å². The van der Waals surface area contributed by atoms with Crippen LogP contribution in [0.1, 0.15) is 0 Å². The van der Waals surface area contributed by atoms with Crippen molar-refractivity contribution in [1.29, 1.82) is 0 Å². The second kappa shape index (κ2) is 57.4. The molecular formula is C6H10BrNi-2. The Labute approximate surface area is 67.2 Å². The molecule has 53 valence electrons. The molecule has 0 fully saturated rings. The molecule has 0 amide bonds. The Morgan fingerprint density at radius 1 is 1.12 bits per heavy atom. The Morgan fingerprint density at radius 2 is 1.12 bits per heavy atom. The van der Waals surface area contributed by atoms with E-state index in [0.717, 1.165) is 0 Å². The quantitative estimate of drug-likeness (QED) is 0.435. The molecule has 0 aromatic rings. The van der Waals surface area contributed by atoms with Crippen LogP contribution in [0.3, 0.4) is 0 Å². The summed E-state index contributed by atoms with van der Waals surface area (Å²) in [6, 6.07) is 0. The first-order valence-electron chi connectivity index (χ1n) is 1.75. The SMILES string of the molecule is C=C[CH2-].C=C[CH2-].[Ni][Br]. The number of rotatable bonds is 0. The third-order valence-corrected chi connectivity index (χ3v) is 0. The Hall–Kier alpha value is 0.194. The summed E-state index contributed by atoms with van der Waals surface area (Å²) in [6.07, 6.45) is 3.00. The zero-order valence-corrected chi connectivity index (χ0v) is 7.25. The van der Waals surface area contributed by atoms with E-state index >= 15 is 0 Å². The maximum atomic E-state index is 3.69. The molecule has 0 aromatic heterocycles. The normalized spacial score (nSPS) is 3.88. The van der Waals surface area contributed by atoms with Gasteiger partial charge in [-0.05, 0) is 0 Å². The van der Waals surface area contributed by atoms with Gasteiger partial charge in [-0.2, -0.15) is 0 Å². The summed E-state index contributed by atoms with van der Waals surface area (Å²) >= 11 is 6.25. The standard InChI is InChI=1S/2C3H5.BrH.Ni/c2*1-3-2;;/h2*3H,1-2H2;1H;/q2*-1;;+1/p-1.